The summed E-state index contributed by atoms with van der Waals surface area (Å²) in [6.07, 6.45) is -0.280. The minimum atomic E-state index is -1.35. The first kappa shape index (κ1) is 17.2. The molecule has 0 aliphatic carbocycles. The van der Waals surface area contributed by atoms with Crippen molar-refractivity contribution in [3.8, 4) is 0 Å². The highest BCUT2D eigenvalue weighted by atomic mass is 28.3. The maximum atomic E-state index is 12.0. The maximum absolute atomic E-state index is 12.0. The fourth-order valence-corrected chi connectivity index (χ4v) is 3.90. The summed E-state index contributed by atoms with van der Waals surface area (Å²) in [6, 6.07) is 0. The molecule has 1 aliphatic heterocycles. The van der Waals surface area contributed by atoms with E-state index in [9.17, 15) is 9.59 Å². The van der Waals surface area contributed by atoms with Crippen LogP contribution in [0.2, 0.25) is 13.1 Å². The van der Waals surface area contributed by atoms with E-state index in [0.717, 1.165) is 0 Å². The number of β-lactam (4-membered cyclic amide) rings is 1. The van der Waals surface area contributed by atoms with Gasteiger partial charge in [0.15, 0.2) is 15.3 Å². The van der Waals surface area contributed by atoms with E-state index in [1.54, 1.807) is 6.92 Å². The molecule has 0 aromatic heterocycles. The molecule has 1 fully saturated rings. The van der Waals surface area contributed by atoms with E-state index in [1.807, 2.05) is 27.7 Å². The normalized spacial score (nSPS) is 25.7. The molecule has 1 N–H and O–H groups in total. The van der Waals surface area contributed by atoms with Crippen LogP contribution in [0.15, 0.2) is 0 Å². The van der Waals surface area contributed by atoms with Crippen molar-refractivity contribution in [2.75, 3.05) is 0 Å². The molecule has 1 rings (SSSR count). The topological polar surface area (TPSA) is 64.6 Å². The number of hydrogen-bond acceptors (Lipinski definition) is 4. The van der Waals surface area contributed by atoms with E-state index in [0.29, 0.717) is 6.42 Å². The Morgan fingerprint density at radius 2 is 1.85 bits per heavy atom. The number of carbonyl (C=O) groups excluding carboxylic acids is 2. The van der Waals surface area contributed by atoms with Gasteiger partial charge in [-0.1, -0.05) is 27.7 Å². The third-order valence-corrected chi connectivity index (χ3v) is 4.94. The minimum Gasteiger partial charge on any atom is -0.441 e. The third-order valence-electron chi connectivity index (χ3n) is 3.98. The van der Waals surface area contributed by atoms with Gasteiger partial charge in [0.1, 0.15) is 5.92 Å². The molecule has 1 saturated heterocycles. The number of ether oxygens (including phenoxy) is 1. The van der Waals surface area contributed by atoms with Gasteiger partial charge >= 0.3 is 5.97 Å². The van der Waals surface area contributed by atoms with Crippen molar-refractivity contribution >= 4 is 20.9 Å². The number of rotatable bonds is 5. The van der Waals surface area contributed by atoms with Gasteiger partial charge in [-0.3, -0.25) is 9.59 Å². The van der Waals surface area contributed by atoms with Crippen molar-refractivity contribution in [2.24, 2.45) is 11.3 Å². The highest BCUT2D eigenvalue weighted by Crippen LogP contribution is 2.44. The zero-order chi connectivity index (χ0) is 15.7. The molecule has 0 aromatic carbocycles. The van der Waals surface area contributed by atoms with E-state index < -0.39 is 26.8 Å². The van der Waals surface area contributed by atoms with Crippen LogP contribution in [0.4, 0.5) is 0 Å². The van der Waals surface area contributed by atoms with Crippen LogP contribution in [0.3, 0.4) is 0 Å². The van der Waals surface area contributed by atoms with Crippen molar-refractivity contribution in [2.45, 2.75) is 66.0 Å². The molecule has 0 aromatic rings. The van der Waals surface area contributed by atoms with Crippen LogP contribution in [0.25, 0.3) is 0 Å². The Labute approximate surface area is 123 Å². The zero-order valence-electron chi connectivity index (χ0n) is 13.6. The molecule has 5 nitrogen and oxygen atoms in total. The van der Waals surface area contributed by atoms with Crippen LogP contribution < -0.4 is 5.32 Å². The molecule has 1 heterocycles. The van der Waals surface area contributed by atoms with Crippen molar-refractivity contribution < 1.29 is 18.8 Å². The predicted molar refractivity (Wildman–Crippen MR) is 79.6 cm³/mol. The second-order valence-corrected chi connectivity index (χ2v) is 9.11. The van der Waals surface area contributed by atoms with E-state index in [2.05, 4.69) is 18.4 Å². The summed E-state index contributed by atoms with van der Waals surface area (Å²) in [5.74, 6) is -0.864. The lowest BCUT2D eigenvalue weighted by atomic mass is 9.67. The van der Waals surface area contributed by atoms with Gasteiger partial charge in [0, 0.05) is 6.42 Å². The second-order valence-electron chi connectivity index (χ2n) is 6.77. The Morgan fingerprint density at radius 3 is 2.20 bits per heavy atom. The summed E-state index contributed by atoms with van der Waals surface area (Å²) in [5, 5.41) is 2.66. The smallest absolute Gasteiger partial charge is 0.307 e. The molecular weight excluding hydrogens is 274 g/mol. The summed E-state index contributed by atoms with van der Waals surface area (Å²) in [6.45, 7) is 14.0. The fourth-order valence-electron chi connectivity index (χ4n) is 2.42. The first-order valence-corrected chi connectivity index (χ1v) is 9.98. The highest BCUT2D eigenvalue weighted by Gasteiger charge is 2.58. The van der Waals surface area contributed by atoms with Crippen LogP contribution in [-0.4, -0.2) is 32.7 Å². The first-order valence-electron chi connectivity index (χ1n) is 7.20. The summed E-state index contributed by atoms with van der Waals surface area (Å²) in [4.78, 5) is 23.5. The van der Waals surface area contributed by atoms with E-state index in [1.165, 1.54) is 0 Å². The summed E-state index contributed by atoms with van der Waals surface area (Å²) in [5.41, 5.74) is -0.877. The molecule has 0 bridgehead atoms. The average molecular weight is 301 g/mol. The van der Waals surface area contributed by atoms with Gasteiger partial charge in [-0.25, -0.2) is 0 Å². The van der Waals surface area contributed by atoms with E-state index >= 15 is 0 Å². The van der Waals surface area contributed by atoms with Gasteiger partial charge in [0.2, 0.25) is 5.91 Å². The van der Waals surface area contributed by atoms with Crippen molar-refractivity contribution in [1.82, 2.24) is 5.32 Å². The van der Waals surface area contributed by atoms with Gasteiger partial charge in [-0.2, -0.15) is 0 Å². The lowest BCUT2D eigenvalue weighted by molar-refractivity contribution is -0.194. The average Bonchev–Trinajstić information content (AvgIpc) is 2.24. The maximum Gasteiger partial charge on any atom is 0.307 e. The number of esters is 1. The van der Waals surface area contributed by atoms with Crippen LogP contribution in [-0.2, 0) is 18.8 Å². The van der Waals surface area contributed by atoms with Crippen LogP contribution >= 0.6 is 0 Å². The largest absolute Gasteiger partial charge is 0.441 e. The Hall–Kier alpha value is -0.883. The van der Waals surface area contributed by atoms with Gasteiger partial charge in [0.05, 0.1) is 5.60 Å². The quantitative estimate of drug-likeness (QED) is 0.478. The predicted octanol–water partition coefficient (Wildman–Crippen LogP) is 1.82. The SMILES string of the molecule is CCC(=O)OC1NC(=O)C1C(C)(O[SiH](C)C)C(C)(C)C. The summed E-state index contributed by atoms with van der Waals surface area (Å²) in [7, 11) is -1.35. The molecule has 20 heavy (non-hydrogen) atoms. The minimum absolute atomic E-state index is 0.106. The van der Waals surface area contributed by atoms with Crippen LogP contribution in [0.1, 0.15) is 41.0 Å². The Kier molecular flexibility index (Phi) is 5.02. The lowest BCUT2D eigenvalue weighted by Gasteiger charge is -2.53. The van der Waals surface area contributed by atoms with E-state index in [-0.39, 0.29) is 17.3 Å². The molecule has 116 valence electrons. The van der Waals surface area contributed by atoms with Gasteiger partial charge in [-0.05, 0) is 25.4 Å². The van der Waals surface area contributed by atoms with Crippen molar-refractivity contribution in [3.63, 3.8) is 0 Å². The number of nitrogens with one attached hydrogen (secondary N) is 1. The third kappa shape index (κ3) is 3.23. The second kappa shape index (κ2) is 5.85. The first-order chi connectivity index (χ1) is 9.02. The van der Waals surface area contributed by atoms with Crippen LogP contribution in [0.5, 0.6) is 0 Å². The van der Waals surface area contributed by atoms with E-state index in [4.69, 9.17) is 9.16 Å². The molecule has 0 radical (unpaired) electrons. The van der Waals surface area contributed by atoms with Crippen molar-refractivity contribution in [1.29, 1.82) is 0 Å². The Bertz CT molecular complexity index is 391. The molecule has 0 spiro atoms. The summed E-state index contributed by atoms with van der Waals surface area (Å²) >= 11 is 0. The molecule has 1 amide bonds. The molecule has 0 saturated carbocycles. The van der Waals surface area contributed by atoms with Gasteiger partial charge in [0.25, 0.3) is 0 Å². The lowest BCUT2D eigenvalue weighted by Crippen LogP contribution is -2.71. The summed E-state index contributed by atoms with van der Waals surface area (Å²) < 4.78 is 11.5. The monoisotopic (exact) mass is 301 g/mol. The Balaban J connectivity index is 3.00. The van der Waals surface area contributed by atoms with Crippen LogP contribution in [0, 0.1) is 11.3 Å². The fraction of sp³-hybridized carbons (Fsp3) is 0.857. The number of amides is 1. The van der Waals surface area contributed by atoms with Gasteiger partial charge in [-0.15, -0.1) is 0 Å². The molecule has 1 aliphatic rings. The standard InChI is InChI=1S/C14H27NO4Si/c1-8-9(16)18-12-10(11(17)15-12)14(5,13(2,3)4)19-20(6)7/h10,12,20H,8H2,1-7H3,(H,15,17). The zero-order valence-corrected chi connectivity index (χ0v) is 14.7. The Morgan fingerprint density at radius 1 is 1.30 bits per heavy atom. The molecule has 3 atom stereocenters. The van der Waals surface area contributed by atoms with Gasteiger partial charge < -0.3 is 14.5 Å². The molecular formula is C14H27NO4Si. The number of hydrogen-bond donors (Lipinski definition) is 1. The number of carbonyl (C=O) groups is 2. The molecule has 3 unspecified atom stereocenters. The molecule has 6 heteroatoms. The van der Waals surface area contributed by atoms with Crippen molar-refractivity contribution in [3.05, 3.63) is 0 Å². The highest BCUT2D eigenvalue weighted by molar-refractivity contribution is 6.48.